The van der Waals surface area contributed by atoms with E-state index in [1.165, 1.54) is 5.56 Å². The molecule has 7 heteroatoms. The van der Waals surface area contributed by atoms with Gasteiger partial charge in [-0.1, -0.05) is 52.0 Å². The number of halogens is 5. The van der Waals surface area contributed by atoms with Crippen molar-refractivity contribution in [1.29, 1.82) is 0 Å². The van der Waals surface area contributed by atoms with Crippen molar-refractivity contribution in [1.82, 2.24) is 4.72 Å². The van der Waals surface area contributed by atoms with Crippen LogP contribution >= 0.6 is 11.9 Å². The highest BCUT2D eigenvalue weighted by Gasteiger charge is 2.26. The van der Waals surface area contributed by atoms with Crippen LogP contribution in [0.25, 0.3) is 0 Å². The summed E-state index contributed by atoms with van der Waals surface area (Å²) in [6.45, 7) is 8.95. The van der Waals surface area contributed by atoms with Crippen LogP contribution in [0.1, 0.15) is 57.6 Å². The Balaban J connectivity index is 2.03. The second-order valence-corrected chi connectivity index (χ2v) is 8.83. The zero-order chi connectivity index (χ0) is 21.1. The molecule has 1 atom stereocenters. The number of hydrogen-bond donors (Lipinski definition) is 1. The first-order chi connectivity index (χ1) is 13.0. The molecule has 0 radical (unpaired) electrons. The van der Waals surface area contributed by atoms with Crippen LogP contribution in [0, 0.1) is 34.5 Å². The predicted molar refractivity (Wildman–Crippen MR) is 102 cm³/mol. The van der Waals surface area contributed by atoms with Gasteiger partial charge in [0.25, 0.3) is 0 Å². The lowest BCUT2D eigenvalue weighted by atomic mass is 9.80. The molecule has 0 heterocycles. The molecule has 2 aromatic rings. The van der Waals surface area contributed by atoms with Gasteiger partial charge in [0.15, 0.2) is 23.3 Å². The van der Waals surface area contributed by atoms with Crippen molar-refractivity contribution in [3.8, 4) is 0 Å². The van der Waals surface area contributed by atoms with E-state index in [1.807, 2.05) is 24.3 Å². The van der Waals surface area contributed by atoms with Crippen molar-refractivity contribution >= 4 is 11.9 Å². The van der Waals surface area contributed by atoms with Gasteiger partial charge in [-0.15, -0.1) is 0 Å². The zero-order valence-electron chi connectivity index (χ0n) is 16.3. The second kappa shape index (κ2) is 9.27. The molecule has 0 spiro atoms. The highest BCUT2D eigenvalue weighted by Crippen LogP contribution is 2.33. The quantitative estimate of drug-likeness (QED) is 0.223. The molecule has 2 rings (SSSR count). The van der Waals surface area contributed by atoms with Crippen LogP contribution in [0.5, 0.6) is 0 Å². The summed E-state index contributed by atoms with van der Waals surface area (Å²) in [5.41, 5.74) is 2.27. The summed E-state index contributed by atoms with van der Waals surface area (Å²) >= 11 is 0.382. The monoisotopic (exact) mass is 417 g/mol. The van der Waals surface area contributed by atoms with Gasteiger partial charge in [0.2, 0.25) is 5.82 Å². The minimum absolute atomic E-state index is 0.209. The maximum Gasteiger partial charge on any atom is 0.200 e. The molecule has 0 saturated carbocycles. The Morgan fingerprint density at radius 1 is 0.857 bits per heavy atom. The van der Waals surface area contributed by atoms with E-state index in [4.69, 9.17) is 0 Å². The van der Waals surface area contributed by atoms with E-state index in [9.17, 15) is 22.0 Å². The number of benzene rings is 2. The molecule has 1 nitrogen and oxygen atoms in total. The SMILES string of the molecule is CCC(CC(C)(C)C)c1ccc(CNSc2c(F)c(F)c(F)c(F)c2F)cc1. The molecule has 154 valence electrons. The molecule has 0 fully saturated rings. The minimum Gasteiger partial charge on any atom is -0.255 e. The Morgan fingerprint density at radius 2 is 1.36 bits per heavy atom. The van der Waals surface area contributed by atoms with Crippen molar-refractivity contribution in [3.63, 3.8) is 0 Å². The van der Waals surface area contributed by atoms with E-state index >= 15 is 0 Å². The molecule has 0 aliphatic heterocycles. The van der Waals surface area contributed by atoms with Crippen molar-refractivity contribution in [2.75, 3.05) is 0 Å². The predicted octanol–water partition coefficient (Wildman–Crippen LogP) is 7.11. The first-order valence-electron chi connectivity index (χ1n) is 9.05. The molecular weight excluding hydrogens is 393 g/mol. The van der Waals surface area contributed by atoms with Gasteiger partial charge in [-0.25, -0.2) is 22.0 Å². The van der Waals surface area contributed by atoms with Crippen LogP contribution in [0.15, 0.2) is 29.2 Å². The number of hydrogen-bond acceptors (Lipinski definition) is 2. The fourth-order valence-electron chi connectivity index (χ4n) is 3.01. The Bertz CT molecular complexity index is 786. The first-order valence-corrected chi connectivity index (χ1v) is 9.86. The van der Waals surface area contributed by atoms with Crippen LogP contribution < -0.4 is 4.72 Å². The molecule has 0 aliphatic rings. The van der Waals surface area contributed by atoms with Crippen LogP contribution in [-0.2, 0) is 6.54 Å². The summed E-state index contributed by atoms with van der Waals surface area (Å²) in [4.78, 5) is -0.941. The molecule has 0 amide bonds. The van der Waals surface area contributed by atoms with Gasteiger partial charge in [-0.2, -0.15) is 0 Å². The van der Waals surface area contributed by atoms with Gasteiger partial charge in [-0.05, 0) is 47.2 Å². The molecule has 1 N–H and O–H groups in total. The van der Waals surface area contributed by atoms with E-state index < -0.39 is 34.0 Å². The van der Waals surface area contributed by atoms with Crippen molar-refractivity contribution in [2.24, 2.45) is 5.41 Å². The molecule has 0 saturated heterocycles. The summed E-state index contributed by atoms with van der Waals surface area (Å²) in [5.74, 6) is -9.29. The molecule has 0 aliphatic carbocycles. The highest BCUT2D eigenvalue weighted by atomic mass is 32.2. The van der Waals surface area contributed by atoms with Crippen LogP contribution in [0.4, 0.5) is 22.0 Å². The molecule has 28 heavy (non-hydrogen) atoms. The van der Waals surface area contributed by atoms with Crippen LogP contribution in [0.3, 0.4) is 0 Å². The lowest BCUT2D eigenvalue weighted by Gasteiger charge is -2.25. The average Bonchev–Trinajstić information content (AvgIpc) is 2.65. The zero-order valence-corrected chi connectivity index (χ0v) is 17.1. The molecule has 0 aromatic heterocycles. The first kappa shape index (κ1) is 22.7. The third-order valence-corrected chi connectivity index (χ3v) is 5.27. The standard InChI is InChI=1S/C21H24F5NS/c1-5-13(10-21(2,3)4)14-8-6-12(7-9-14)11-27-28-20-18(25)16(23)15(22)17(24)19(20)26/h6-9,13,27H,5,10-11H2,1-4H3. The topological polar surface area (TPSA) is 12.0 Å². The van der Waals surface area contributed by atoms with Crippen molar-refractivity contribution in [2.45, 2.75) is 57.9 Å². The van der Waals surface area contributed by atoms with Crippen molar-refractivity contribution < 1.29 is 22.0 Å². The highest BCUT2D eigenvalue weighted by molar-refractivity contribution is 7.97. The Morgan fingerprint density at radius 3 is 1.82 bits per heavy atom. The van der Waals surface area contributed by atoms with Gasteiger partial charge in [0.05, 0.1) is 0 Å². The Labute approximate surface area is 166 Å². The maximum absolute atomic E-state index is 13.7. The van der Waals surface area contributed by atoms with Gasteiger partial charge >= 0.3 is 0 Å². The minimum atomic E-state index is -2.16. The van der Waals surface area contributed by atoms with E-state index in [0.717, 1.165) is 18.4 Å². The fraction of sp³-hybridized carbons (Fsp3) is 0.429. The lowest BCUT2D eigenvalue weighted by Crippen LogP contribution is -2.12. The Hall–Kier alpha value is -1.60. The number of rotatable bonds is 7. The van der Waals surface area contributed by atoms with Gasteiger partial charge in [0.1, 0.15) is 4.90 Å². The summed E-state index contributed by atoms with van der Waals surface area (Å²) in [6, 6.07) is 7.82. The third-order valence-electron chi connectivity index (χ3n) is 4.42. The maximum atomic E-state index is 13.7. The number of nitrogens with one attached hydrogen (secondary N) is 1. The van der Waals surface area contributed by atoms with Gasteiger partial charge < -0.3 is 0 Å². The molecule has 0 bridgehead atoms. The summed E-state index contributed by atoms with van der Waals surface area (Å²) in [7, 11) is 0. The molecule has 2 aromatic carbocycles. The summed E-state index contributed by atoms with van der Waals surface area (Å²) in [6.07, 6.45) is 2.07. The third kappa shape index (κ3) is 5.47. The smallest absolute Gasteiger partial charge is 0.200 e. The summed E-state index contributed by atoms with van der Waals surface area (Å²) < 4.78 is 69.5. The molecule has 1 unspecified atom stereocenters. The van der Waals surface area contributed by atoms with Gasteiger partial charge in [-0.3, -0.25) is 4.72 Å². The van der Waals surface area contributed by atoms with Crippen molar-refractivity contribution in [3.05, 3.63) is 64.5 Å². The Kier molecular flexibility index (Phi) is 7.51. The van der Waals surface area contributed by atoms with Gasteiger partial charge in [0, 0.05) is 6.54 Å². The van der Waals surface area contributed by atoms with E-state index in [1.54, 1.807) is 0 Å². The van der Waals surface area contributed by atoms with E-state index in [0.29, 0.717) is 17.9 Å². The summed E-state index contributed by atoms with van der Waals surface area (Å²) in [5, 5.41) is 0. The fourth-order valence-corrected chi connectivity index (χ4v) is 3.75. The normalized spacial score (nSPS) is 13.0. The van der Waals surface area contributed by atoms with E-state index in [-0.39, 0.29) is 12.0 Å². The molecular formula is C21H24F5NS. The largest absolute Gasteiger partial charge is 0.255 e. The lowest BCUT2D eigenvalue weighted by molar-refractivity contribution is 0.335. The second-order valence-electron chi connectivity index (χ2n) is 7.93. The average molecular weight is 417 g/mol. The van der Waals surface area contributed by atoms with E-state index in [2.05, 4.69) is 32.4 Å². The van der Waals surface area contributed by atoms with Crippen LogP contribution in [-0.4, -0.2) is 0 Å². The van der Waals surface area contributed by atoms with Crippen LogP contribution in [0.2, 0.25) is 0 Å².